The molecule has 0 aromatic heterocycles. The zero-order chi connectivity index (χ0) is 18.6. The second kappa shape index (κ2) is 8.25. The number of allylic oxidation sites excluding steroid dienone is 1. The second-order valence-corrected chi connectivity index (χ2v) is 9.22. The number of rotatable bonds is 5. The van der Waals surface area contributed by atoms with Crippen LogP contribution in [-0.4, -0.2) is 33.2 Å². The summed E-state index contributed by atoms with van der Waals surface area (Å²) in [7, 11) is -3.28. The molecule has 1 aromatic carbocycles. The van der Waals surface area contributed by atoms with Crippen LogP contribution >= 0.6 is 0 Å². The molecule has 1 heterocycles. The van der Waals surface area contributed by atoms with Gasteiger partial charge in [0.2, 0.25) is 10.0 Å². The molecule has 1 fully saturated rings. The molecule has 1 aromatic rings. The predicted octanol–water partition coefficient (Wildman–Crippen LogP) is 3.55. The van der Waals surface area contributed by atoms with E-state index in [2.05, 4.69) is 11.4 Å². The van der Waals surface area contributed by atoms with E-state index in [9.17, 15) is 13.2 Å². The van der Waals surface area contributed by atoms with Gasteiger partial charge in [-0.3, -0.25) is 9.10 Å². The molecule has 5 nitrogen and oxygen atoms in total. The minimum Gasteiger partial charge on any atom is -0.352 e. The van der Waals surface area contributed by atoms with Crippen molar-refractivity contribution in [2.75, 3.05) is 23.1 Å². The summed E-state index contributed by atoms with van der Waals surface area (Å²) in [6.07, 6.45) is 9.53. The summed E-state index contributed by atoms with van der Waals surface area (Å²) in [6, 6.07) is 5.32. The van der Waals surface area contributed by atoms with E-state index < -0.39 is 10.0 Å². The number of nitrogens with one attached hydrogen (secondary N) is 1. The zero-order valence-corrected chi connectivity index (χ0v) is 16.3. The van der Waals surface area contributed by atoms with Crippen molar-refractivity contribution >= 4 is 21.6 Å². The number of benzene rings is 1. The standard InChI is InChI=1S/C20H28N2O3S/c1-16-9-10-18(15-19(16)22-13-5-6-14-26(22,24)25)20(23)21-12-11-17-7-3-2-4-8-17/h7,9-10,15H,2-6,8,11-14H2,1H3,(H,21,23). The first kappa shape index (κ1) is 19.0. The van der Waals surface area contributed by atoms with Crippen molar-refractivity contribution < 1.29 is 13.2 Å². The number of aryl methyl sites for hydroxylation is 1. The molecular formula is C20H28N2O3S. The van der Waals surface area contributed by atoms with E-state index in [0.717, 1.165) is 31.2 Å². The van der Waals surface area contributed by atoms with Crippen molar-refractivity contribution in [1.82, 2.24) is 5.32 Å². The molecule has 0 spiro atoms. The summed E-state index contributed by atoms with van der Waals surface area (Å²) in [5.41, 5.74) is 3.45. The summed E-state index contributed by atoms with van der Waals surface area (Å²) < 4.78 is 26.2. The smallest absolute Gasteiger partial charge is 0.251 e. The first-order valence-electron chi connectivity index (χ1n) is 9.54. The van der Waals surface area contributed by atoms with Crippen molar-refractivity contribution in [2.24, 2.45) is 0 Å². The maximum Gasteiger partial charge on any atom is 0.251 e. The van der Waals surface area contributed by atoms with Crippen LogP contribution in [0.4, 0.5) is 5.69 Å². The van der Waals surface area contributed by atoms with E-state index in [1.807, 2.05) is 13.0 Å². The molecule has 0 atom stereocenters. The van der Waals surface area contributed by atoms with Crippen LogP contribution < -0.4 is 9.62 Å². The third-order valence-corrected chi connectivity index (χ3v) is 7.06. The van der Waals surface area contributed by atoms with Crippen LogP contribution in [0.15, 0.2) is 29.8 Å². The fourth-order valence-electron chi connectivity index (χ4n) is 3.65. The van der Waals surface area contributed by atoms with E-state index in [4.69, 9.17) is 0 Å². The topological polar surface area (TPSA) is 66.5 Å². The minimum atomic E-state index is -3.28. The van der Waals surface area contributed by atoms with Gasteiger partial charge in [0.25, 0.3) is 5.91 Å². The van der Waals surface area contributed by atoms with Gasteiger partial charge in [-0.15, -0.1) is 0 Å². The van der Waals surface area contributed by atoms with Crippen molar-refractivity contribution in [3.63, 3.8) is 0 Å². The highest BCUT2D eigenvalue weighted by molar-refractivity contribution is 7.92. The van der Waals surface area contributed by atoms with Crippen molar-refractivity contribution in [1.29, 1.82) is 0 Å². The third-order valence-electron chi connectivity index (χ3n) is 5.21. The largest absolute Gasteiger partial charge is 0.352 e. The van der Waals surface area contributed by atoms with Crippen LogP contribution in [0.1, 0.15) is 60.9 Å². The van der Waals surface area contributed by atoms with Gasteiger partial charge in [-0.2, -0.15) is 0 Å². The summed E-state index contributed by atoms with van der Waals surface area (Å²) in [6.45, 7) is 3.00. The van der Waals surface area contributed by atoms with Gasteiger partial charge in [-0.1, -0.05) is 17.7 Å². The highest BCUT2D eigenvalue weighted by atomic mass is 32.2. The Kier molecular flexibility index (Phi) is 6.01. The van der Waals surface area contributed by atoms with Crippen molar-refractivity contribution in [3.8, 4) is 0 Å². The predicted molar refractivity (Wildman–Crippen MR) is 105 cm³/mol. The molecule has 1 amide bonds. The lowest BCUT2D eigenvalue weighted by molar-refractivity contribution is 0.0954. The Labute approximate surface area is 156 Å². The van der Waals surface area contributed by atoms with Gasteiger partial charge in [0, 0.05) is 18.7 Å². The molecule has 0 saturated carbocycles. The average molecular weight is 377 g/mol. The summed E-state index contributed by atoms with van der Waals surface area (Å²) >= 11 is 0. The number of hydrogen-bond acceptors (Lipinski definition) is 3. The fraction of sp³-hybridized carbons (Fsp3) is 0.550. The van der Waals surface area contributed by atoms with Crippen LogP contribution in [0.25, 0.3) is 0 Å². The number of hydrogen-bond donors (Lipinski definition) is 1. The Balaban J connectivity index is 1.68. The minimum absolute atomic E-state index is 0.142. The summed E-state index contributed by atoms with van der Waals surface area (Å²) in [5.74, 6) is 0.0369. The molecule has 1 aliphatic carbocycles. The maximum atomic E-state index is 12.5. The van der Waals surface area contributed by atoms with Gasteiger partial charge in [-0.05, 0) is 69.6 Å². The van der Waals surface area contributed by atoms with Gasteiger partial charge in [0.05, 0.1) is 11.4 Å². The number of carbonyl (C=O) groups excluding carboxylic acids is 1. The Bertz CT molecular complexity index is 799. The molecule has 26 heavy (non-hydrogen) atoms. The lowest BCUT2D eigenvalue weighted by Crippen LogP contribution is -2.38. The molecular weight excluding hydrogens is 348 g/mol. The molecule has 6 heteroatoms. The molecule has 1 saturated heterocycles. The Morgan fingerprint density at radius 1 is 1.19 bits per heavy atom. The van der Waals surface area contributed by atoms with Gasteiger partial charge >= 0.3 is 0 Å². The Morgan fingerprint density at radius 2 is 2.04 bits per heavy atom. The number of carbonyl (C=O) groups is 1. The van der Waals surface area contributed by atoms with E-state index in [0.29, 0.717) is 30.8 Å². The molecule has 1 N–H and O–H groups in total. The first-order chi connectivity index (χ1) is 12.5. The number of sulfonamides is 1. The molecule has 142 valence electrons. The van der Waals surface area contributed by atoms with Gasteiger partial charge in [-0.25, -0.2) is 8.42 Å². The molecule has 3 rings (SSSR count). The normalized spacial score (nSPS) is 19.7. The molecule has 0 bridgehead atoms. The zero-order valence-electron chi connectivity index (χ0n) is 15.5. The monoisotopic (exact) mass is 376 g/mol. The molecule has 1 aliphatic heterocycles. The fourth-order valence-corrected chi connectivity index (χ4v) is 5.34. The summed E-state index contributed by atoms with van der Waals surface area (Å²) in [4.78, 5) is 12.5. The van der Waals surface area contributed by atoms with E-state index in [1.54, 1.807) is 12.1 Å². The van der Waals surface area contributed by atoms with Crippen molar-refractivity contribution in [2.45, 2.75) is 51.9 Å². The average Bonchev–Trinajstić information content (AvgIpc) is 2.63. The van der Waals surface area contributed by atoms with Crippen LogP contribution in [0.2, 0.25) is 0 Å². The van der Waals surface area contributed by atoms with Gasteiger partial charge in [0.1, 0.15) is 0 Å². The van der Waals surface area contributed by atoms with Crippen LogP contribution in [0, 0.1) is 6.92 Å². The lowest BCUT2D eigenvalue weighted by Gasteiger charge is -2.29. The Morgan fingerprint density at radius 3 is 2.77 bits per heavy atom. The second-order valence-electron chi connectivity index (χ2n) is 7.21. The van der Waals surface area contributed by atoms with Crippen LogP contribution in [0.5, 0.6) is 0 Å². The number of anilines is 1. The lowest BCUT2D eigenvalue weighted by atomic mass is 9.97. The van der Waals surface area contributed by atoms with E-state index in [-0.39, 0.29) is 11.7 Å². The Hall–Kier alpha value is -1.82. The quantitative estimate of drug-likeness (QED) is 0.799. The van der Waals surface area contributed by atoms with Crippen molar-refractivity contribution in [3.05, 3.63) is 41.0 Å². The summed E-state index contributed by atoms with van der Waals surface area (Å²) in [5, 5.41) is 2.97. The number of nitrogens with zero attached hydrogens (tertiary/aromatic N) is 1. The van der Waals surface area contributed by atoms with Gasteiger partial charge < -0.3 is 5.32 Å². The maximum absolute atomic E-state index is 12.5. The molecule has 0 radical (unpaired) electrons. The third kappa shape index (κ3) is 4.47. The first-order valence-corrected chi connectivity index (χ1v) is 11.2. The van der Waals surface area contributed by atoms with E-state index in [1.165, 1.54) is 22.7 Å². The van der Waals surface area contributed by atoms with E-state index >= 15 is 0 Å². The SMILES string of the molecule is Cc1ccc(C(=O)NCCC2=CCCCC2)cc1N1CCCCS1(=O)=O. The highest BCUT2D eigenvalue weighted by Gasteiger charge is 2.27. The van der Waals surface area contributed by atoms with Crippen LogP contribution in [-0.2, 0) is 10.0 Å². The van der Waals surface area contributed by atoms with Gasteiger partial charge in [0.15, 0.2) is 0 Å². The molecule has 0 unspecified atom stereocenters. The number of amides is 1. The van der Waals surface area contributed by atoms with Crippen LogP contribution in [0.3, 0.4) is 0 Å². The highest BCUT2D eigenvalue weighted by Crippen LogP contribution is 2.28. The molecule has 2 aliphatic rings.